The summed E-state index contributed by atoms with van der Waals surface area (Å²) < 4.78 is 10.3. The van der Waals surface area contributed by atoms with Crippen molar-refractivity contribution in [3.8, 4) is 0 Å². The summed E-state index contributed by atoms with van der Waals surface area (Å²) in [4.78, 5) is 0.510. The highest BCUT2D eigenvalue weighted by Crippen LogP contribution is 2.18. The van der Waals surface area contributed by atoms with Gasteiger partial charge in [0.2, 0.25) is 0 Å². The maximum absolute atomic E-state index is 10.3. The molecule has 52 valence electrons. The molecule has 0 heterocycles. The SMILES string of the molecule is Nc1ccc([S+]=O)c(Cl)c1. The lowest BCUT2D eigenvalue weighted by Gasteiger charge is -1.88. The Labute approximate surface area is 67.5 Å². The minimum Gasteiger partial charge on any atom is -0.399 e. The highest BCUT2D eigenvalue weighted by molar-refractivity contribution is 7.65. The molecule has 2 nitrogen and oxygen atoms in total. The van der Waals surface area contributed by atoms with Gasteiger partial charge in [0, 0.05) is 16.0 Å². The quantitative estimate of drug-likeness (QED) is 0.520. The van der Waals surface area contributed by atoms with E-state index in [0.29, 0.717) is 27.3 Å². The second kappa shape index (κ2) is 2.94. The van der Waals surface area contributed by atoms with Gasteiger partial charge in [0.05, 0.1) is 0 Å². The summed E-state index contributed by atoms with van der Waals surface area (Å²) in [6.07, 6.45) is 0. The zero-order valence-corrected chi connectivity index (χ0v) is 6.58. The van der Waals surface area contributed by atoms with Crippen molar-refractivity contribution in [2.24, 2.45) is 0 Å². The zero-order valence-electron chi connectivity index (χ0n) is 5.00. The number of nitrogen functional groups attached to an aromatic ring is 1. The number of nitrogens with two attached hydrogens (primary N) is 1. The predicted octanol–water partition coefficient (Wildman–Crippen LogP) is 1.71. The molecule has 2 N–H and O–H groups in total. The Hall–Kier alpha value is -0.670. The minimum absolute atomic E-state index is 0.367. The Morgan fingerprint density at radius 3 is 2.70 bits per heavy atom. The third-order valence-corrected chi connectivity index (χ3v) is 2.01. The van der Waals surface area contributed by atoms with E-state index in [1.807, 2.05) is 0 Å². The van der Waals surface area contributed by atoms with Gasteiger partial charge in [0.15, 0.2) is 0 Å². The first-order chi connectivity index (χ1) is 4.74. The van der Waals surface area contributed by atoms with Crippen LogP contribution in [0.4, 0.5) is 5.69 Å². The molecule has 0 saturated carbocycles. The maximum atomic E-state index is 10.3. The van der Waals surface area contributed by atoms with Gasteiger partial charge >= 0.3 is 16.6 Å². The van der Waals surface area contributed by atoms with Crippen LogP contribution in [0, 0.1) is 0 Å². The fourth-order valence-electron chi connectivity index (χ4n) is 0.585. The fourth-order valence-corrected chi connectivity index (χ4v) is 1.13. The molecule has 1 aromatic carbocycles. The number of hydrogen-bond acceptors (Lipinski definition) is 2. The zero-order chi connectivity index (χ0) is 7.56. The lowest BCUT2D eigenvalue weighted by Crippen LogP contribution is -1.84. The van der Waals surface area contributed by atoms with Crippen molar-refractivity contribution in [1.29, 1.82) is 0 Å². The molecule has 0 amide bonds. The maximum Gasteiger partial charge on any atom is 0.506 e. The molecule has 0 radical (unpaired) electrons. The van der Waals surface area contributed by atoms with E-state index in [2.05, 4.69) is 0 Å². The van der Waals surface area contributed by atoms with E-state index in [1.54, 1.807) is 18.2 Å². The van der Waals surface area contributed by atoms with E-state index in [1.165, 1.54) is 0 Å². The molecule has 0 unspecified atom stereocenters. The van der Waals surface area contributed by atoms with Crippen LogP contribution in [0.25, 0.3) is 0 Å². The highest BCUT2D eigenvalue weighted by Gasteiger charge is 2.11. The molecule has 1 aromatic rings. The molecule has 0 aliphatic carbocycles. The van der Waals surface area contributed by atoms with Crippen molar-refractivity contribution >= 4 is 29.0 Å². The van der Waals surface area contributed by atoms with Crippen molar-refractivity contribution < 1.29 is 4.21 Å². The van der Waals surface area contributed by atoms with Gasteiger partial charge in [0.1, 0.15) is 5.02 Å². The molecule has 0 spiro atoms. The molecule has 1 rings (SSSR count). The molecular formula is C6H5ClNOS+. The summed E-state index contributed by atoms with van der Waals surface area (Å²) in [7, 11) is 0. The van der Waals surface area contributed by atoms with Gasteiger partial charge < -0.3 is 5.73 Å². The van der Waals surface area contributed by atoms with Crippen molar-refractivity contribution in [2.45, 2.75) is 4.90 Å². The average Bonchev–Trinajstić information content (AvgIpc) is 1.88. The van der Waals surface area contributed by atoms with Crippen LogP contribution in [-0.2, 0) is 15.9 Å². The Kier molecular flexibility index (Phi) is 2.19. The monoisotopic (exact) mass is 174 g/mol. The second-order valence-electron chi connectivity index (χ2n) is 1.77. The van der Waals surface area contributed by atoms with Gasteiger partial charge in [0.25, 0.3) is 0 Å². The molecular weight excluding hydrogens is 170 g/mol. The summed E-state index contributed by atoms with van der Waals surface area (Å²) in [5.74, 6) is 0. The molecule has 0 aliphatic rings. The van der Waals surface area contributed by atoms with Crippen molar-refractivity contribution in [1.82, 2.24) is 0 Å². The highest BCUT2D eigenvalue weighted by atomic mass is 35.5. The topological polar surface area (TPSA) is 43.1 Å². The Bertz CT molecular complexity index is 264. The molecule has 0 bridgehead atoms. The van der Waals surface area contributed by atoms with E-state index in [-0.39, 0.29) is 0 Å². The van der Waals surface area contributed by atoms with Crippen molar-refractivity contribution in [3.63, 3.8) is 0 Å². The van der Waals surface area contributed by atoms with Gasteiger partial charge in [-0.2, -0.15) is 0 Å². The summed E-state index contributed by atoms with van der Waals surface area (Å²) >= 11 is 6.00. The molecule has 10 heavy (non-hydrogen) atoms. The first-order valence-electron chi connectivity index (χ1n) is 2.59. The minimum atomic E-state index is 0.367. The standard InChI is InChI=1S/C6H5ClNOS/c7-5-3-4(8)1-2-6(5)10-9/h1-3H,8H2/q+1. The van der Waals surface area contributed by atoms with E-state index in [0.717, 1.165) is 0 Å². The lowest BCUT2D eigenvalue weighted by molar-refractivity contribution is 0.605. The molecule has 0 aliphatic heterocycles. The second-order valence-corrected chi connectivity index (χ2v) is 2.79. The van der Waals surface area contributed by atoms with Gasteiger partial charge in [-0.1, -0.05) is 11.6 Å². The molecule has 0 saturated heterocycles. The van der Waals surface area contributed by atoms with Crippen LogP contribution >= 0.6 is 11.6 Å². The largest absolute Gasteiger partial charge is 0.506 e. The molecule has 0 aromatic heterocycles. The smallest absolute Gasteiger partial charge is 0.399 e. The van der Waals surface area contributed by atoms with E-state index < -0.39 is 0 Å². The molecule has 4 heteroatoms. The Morgan fingerprint density at radius 1 is 1.50 bits per heavy atom. The summed E-state index contributed by atoms with van der Waals surface area (Å²) in [5, 5.41) is 0.417. The van der Waals surface area contributed by atoms with Crippen LogP contribution in [0.5, 0.6) is 0 Å². The van der Waals surface area contributed by atoms with Crippen LogP contribution < -0.4 is 5.73 Å². The summed E-state index contributed by atoms with van der Waals surface area (Å²) in [5.41, 5.74) is 5.96. The summed E-state index contributed by atoms with van der Waals surface area (Å²) in [6.45, 7) is 0. The molecule has 0 fully saturated rings. The van der Waals surface area contributed by atoms with Gasteiger partial charge in [-0.25, -0.2) is 0 Å². The van der Waals surface area contributed by atoms with Crippen LogP contribution in [0.1, 0.15) is 0 Å². The number of rotatable bonds is 1. The number of halogens is 1. The Morgan fingerprint density at radius 2 is 2.20 bits per heavy atom. The van der Waals surface area contributed by atoms with Crippen LogP contribution in [0.3, 0.4) is 0 Å². The van der Waals surface area contributed by atoms with Crippen molar-refractivity contribution in [2.75, 3.05) is 5.73 Å². The van der Waals surface area contributed by atoms with E-state index in [9.17, 15) is 4.21 Å². The number of anilines is 1. The van der Waals surface area contributed by atoms with E-state index >= 15 is 0 Å². The fraction of sp³-hybridized carbons (Fsp3) is 0. The Balaban J connectivity index is 3.19. The van der Waals surface area contributed by atoms with E-state index in [4.69, 9.17) is 17.3 Å². The first-order valence-corrected chi connectivity index (χ1v) is 3.71. The molecule has 0 atom stereocenters. The number of hydrogen-bond donors (Lipinski definition) is 1. The van der Waals surface area contributed by atoms with Crippen LogP contribution in [0.2, 0.25) is 5.02 Å². The van der Waals surface area contributed by atoms with Crippen LogP contribution in [-0.4, -0.2) is 0 Å². The summed E-state index contributed by atoms with van der Waals surface area (Å²) in [6, 6.07) is 4.81. The van der Waals surface area contributed by atoms with Gasteiger partial charge in [-0.3, -0.25) is 0 Å². The lowest BCUT2D eigenvalue weighted by atomic mass is 10.3. The average molecular weight is 175 g/mol. The number of benzene rings is 1. The third-order valence-electron chi connectivity index (χ3n) is 1.05. The third kappa shape index (κ3) is 1.43. The van der Waals surface area contributed by atoms with Crippen molar-refractivity contribution in [3.05, 3.63) is 23.2 Å². The van der Waals surface area contributed by atoms with Gasteiger partial charge in [-0.05, 0) is 12.1 Å². The normalized spacial score (nSPS) is 9.30. The predicted molar refractivity (Wildman–Crippen MR) is 42.2 cm³/mol. The first kappa shape index (κ1) is 7.44. The van der Waals surface area contributed by atoms with Crippen LogP contribution in [0.15, 0.2) is 23.1 Å². The van der Waals surface area contributed by atoms with Gasteiger partial charge in [-0.15, -0.1) is 0 Å².